The van der Waals surface area contributed by atoms with Crippen molar-refractivity contribution >= 4 is 5.70 Å². The molecule has 0 aliphatic carbocycles. The van der Waals surface area contributed by atoms with E-state index >= 15 is 0 Å². The van der Waals surface area contributed by atoms with Gasteiger partial charge in [0.2, 0.25) is 0 Å². The Hall–Kier alpha value is -1.40. The fraction of sp³-hybridized carbons (Fsp3) is 0.556. The van der Waals surface area contributed by atoms with E-state index in [1.165, 1.54) is 0 Å². The summed E-state index contributed by atoms with van der Waals surface area (Å²) >= 11 is 0. The summed E-state index contributed by atoms with van der Waals surface area (Å²) in [5, 5.41) is 11.4. The molecule has 0 radical (unpaired) electrons. The van der Waals surface area contributed by atoms with Crippen molar-refractivity contribution in [3.05, 3.63) is 18.5 Å². The van der Waals surface area contributed by atoms with Crippen molar-refractivity contribution in [1.82, 2.24) is 25.7 Å². The van der Waals surface area contributed by atoms with Crippen molar-refractivity contribution in [1.29, 1.82) is 0 Å². The molecule has 15 heavy (non-hydrogen) atoms. The number of piperidine rings is 1. The van der Waals surface area contributed by atoms with Crippen molar-refractivity contribution in [3.8, 4) is 0 Å². The van der Waals surface area contributed by atoms with Gasteiger partial charge in [-0.05, 0) is 25.9 Å². The molecule has 82 valence electrons. The molecule has 2 rings (SSSR count). The Morgan fingerprint density at radius 1 is 1.60 bits per heavy atom. The van der Waals surface area contributed by atoms with Gasteiger partial charge in [-0.25, -0.2) is 4.68 Å². The van der Waals surface area contributed by atoms with E-state index in [0.717, 1.165) is 25.9 Å². The molecule has 0 saturated carbocycles. The molecule has 1 aliphatic rings. The van der Waals surface area contributed by atoms with Crippen LogP contribution in [0.3, 0.4) is 0 Å². The Morgan fingerprint density at radius 3 is 3.00 bits per heavy atom. The molecule has 6 nitrogen and oxygen atoms in total. The minimum atomic E-state index is 0.443. The normalized spacial score (nSPS) is 17.7. The molecule has 2 heterocycles. The van der Waals surface area contributed by atoms with Crippen molar-refractivity contribution in [2.24, 2.45) is 5.84 Å². The standard InChI is InChI=1S/C9H16N6/c1-7(12-10)9-6-15(14-13-9)8-2-4-11-5-3-8/h6,8,11-12H,1-5,10H2. The van der Waals surface area contributed by atoms with Crippen molar-refractivity contribution in [2.45, 2.75) is 18.9 Å². The van der Waals surface area contributed by atoms with Gasteiger partial charge in [-0.1, -0.05) is 11.8 Å². The molecular formula is C9H16N6. The Labute approximate surface area is 88.5 Å². The van der Waals surface area contributed by atoms with E-state index in [2.05, 4.69) is 27.6 Å². The number of nitrogens with zero attached hydrogens (tertiary/aromatic N) is 3. The molecule has 0 bridgehead atoms. The van der Waals surface area contributed by atoms with Gasteiger partial charge in [-0.3, -0.25) is 5.84 Å². The van der Waals surface area contributed by atoms with E-state index in [9.17, 15) is 0 Å². The predicted molar refractivity (Wildman–Crippen MR) is 57.5 cm³/mol. The van der Waals surface area contributed by atoms with Gasteiger partial charge in [0.05, 0.1) is 17.9 Å². The Balaban J connectivity index is 2.08. The van der Waals surface area contributed by atoms with Crippen LogP contribution >= 0.6 is 0 Å². The second-order valence-corrected chi connectivity index (χ2v) is 3.69. The second kappa shape index (κ2) is 4.41. The lowest BCUT2D eigenvalue weighted by molar-refractivity contribution is 0.337. The highest BCUT2D eigenvalue weighted by molar-refractivity contribution is 5.56. The number of hydrogen-bond donors (Lipinski definition) is 3. The summed E-state index contributed by atoms with van der Waals surface area (Å²) in [4.78, 5) is 0. The van der Waals surface area contributed by atoms with Gasteiger partial charge in [0.1, 0.15) is 5.69 Å². The molecule has 1 aromatic rings. The van der Waals surface area contributed by atoms with Gasteiger partial charge in [-0.15, -0.1) is 5.10 Å². The van der Waals surface area contributed by atoms with Crippen LogP contribution in [0.15, 0.2) is 12.8 Å². The van der Waals surface area contributed by atoms with E-state index in [1.807, 2.05) is 10.9 Å². The largest absolute Gasteiger partial charge is 0.323 e. The summed E-state index contributed by atoms with van der Waals surface area (Å²) in [5.41, 5.74) is 3.77. The zero-order valence-corrected chi connectivity index (χ0v) is 8.61. The molecule has 0 amide bonds. The van der Waals surface area contributed by atoms with Gasteiger partial charge in [0, 0.05) is 0 Å². The quantitative estimate of drug-likeness (QED) is 0.467. The fourth-order valence-electron chi connectivity index (χ4n) is 1.74. The maximum atomic E-state index is 5.26. The molecule has 0 atom stereocenters. The van der Waals surface area contributed by atoms with E-state index < -0.39 is 0 Å². The van der Waals surface area contributed by atoms with Crippen molar-refractivity contribution in [3.63, 3.8) is 0 Å². The van der Waals surface area contributed by atoms with Gasteiger partial charge >= 0.3 is 0 Å². The lowest BCUT2D eigenvalue weighted by Crippen LogP contribution is -2.29. The first kappa shape index (κ1) is 10.1. The Kier molecular flexibility index (Phi) is 2.98. The molecule has 1 aliphatic heterocycles. The van der Waals surface area contributed by atoms with E-state index in [-0.39, 0.29) is 0 Å². The first-order valence-electron chi connectivity index (χ1n) is 5.09. The molecule has 6 heteroatoms. The average molecular weight is 208 g/mol. The summed E-state index contributed by atoms with van der Waals surface area (Å²) in [6.45, 7) is 5.81. The van der Waals surface area contributed by atoms with Crippen molar-refractivity contribution < 1.29 is 0 Å². The highest BCUT2D eigenvalue weighted by Crippen LogP contribution is 2.17. The minimum Gasteiger partial charge on any atom is -0.323 e. The highest BCUT2D eigenvalue weighted by Gasteiger charge is 2.16. The fourth-order valence-corrected chi connectivity index (χ4v) is 1.74. The third-order valence-corrected chi connectivity index (χ3v) is 2.68. The van der Waals surface area contributed by atoms with Crippen LogP contribution in [0.5, 0.6) is 0 Å². The van der Waals surface area contributed by atoms with Crippen LogP contribution < -0.4 is 16.6 Å². The molecule has 4 N–H and O–H groups in total. The third kappa shape index (κ3) is 2.16. The number of aromatic nitrogens is 3. The number of hydrazine groups is 1. The molecule has 0 aromatic carbocycles. The number of hydrogen-bond acceptors (Lipinski definition) is 5. The smallest absolute Gasteiger partial charge is 0.129 e. The molecule has 0 unspecified atom stereocenters. The minimum absolute atomic E-state index is 0.443. The zero-order chi connectivity index (χ0) is 10.7. The third-order valence-electron chi connectivity index (χ3n) is 2.68. The average Bonchev–Trinajstić information content (AvgIpc) is 2.78. The van der Waals surface area contributed by atoms with Crippen LogP contribution in [0.4, 0.5) is 0 Å². The van der Waals surface area contributed by atoms with Crippen LogP contribution in [0.25, 0.3) is 5.70 Å². The van der Waals surface area contributed by atoms with Gasteiger partial charge in [0.25, 0.3) is 0 Å². The summed E-state index contributed by atoms with van der Waals surface area (Å²) < 4.78 is 1.90. The summed E-state index contributed by atoms with van der Waals surface area (Å²) in [7, 11) is 0. The zero-order valence-electron chi connectivity index (χ0n) is 8.61. The number of nitrogens with two attached hydrogens (primary N) is 1. The molecule has 1 fully saturated rings. The van der Waals surface area contributed by atoms with Gasteiger partial charge < -0.3 is 10.7 Å². The molecule has 0 spiro atoms. The summed E-state index contributed by atoms with van der Waals surface area (Å²) in [6.07, 6.45) is 4.06. The van der Waals surface area contributed by atoms with Gasteiger partial charge in [0.15, 0.2) is 0 Å². The van der Waals surface area contributed by atoms with Gasteiger partial charge in [-0.2, -0.15) is 0 Å². The maximum Gasteiger partial charge on any atom is 0.129 e. The van der Waals surface area contributed by atoms with E-state index in [0.29, 0.717) is 17.4 Å². The Morgan fingerprint density at radius 2 is 2.33 bits per heavy atom. The van der Waals surface area contributed by atoms with E-state index in [1.54, 1.807) is 0 Å². The highest BCUT2D eigenvalue weighted by atomic mass is 15.4. The predicted octanol–water partition coefficient (Wildman–Crippen LogP) is -0.363. The van der Waals surface area contributed by atoms with Crippen LogP contribution in [-0.4, -0.2) is 28.1 Å². The van der Waals surface area contributed by atoms with Crippen LogP contribution in [0, 0.1) is 0 Å². The molecule has 1 saturated heterocycles. The first-order valence-corrected chi connectivity index (χ1v) is 5.09. The lowest BCUT2D eigenvalue weighted by atomic mass is 10.1. The number of rotatable bonds is 3. The maximum absolute atomic E-state index is 5.26. The van der Waals surface area contributed by atoms with E-state index in [4.69, 9.17) is 5.84 Å². The Bertz CT molecular complexity index is 338. The monoisotopic (exact) mass is 208 g/mol. The topological polar surface area (TPSA) is 80.8 Å². The summed E-state index contributed by atoms with van der Waals surface area (Å²) in [6, 6.07) is 0.443. The molecule has 1 aromatic heterocycles. The van der Waals surface area contributed by atoms with Crippen molar-refractivity contribution in [2.75, 3.05) is 13.1 Å². The lowest BCUT2D eigenvalue weighted by Gasteiger charge is -2.22. The SMILES string of the molecule is C=C(NN)c1cn(C2CCNCC2)nn1. The van der Waals surface area contributed by atoms with Crippen LogP contribution in [-0.2, 0) is 0 Å². The van der Waals surface area contributed by atoms with Crippen LogP contribution in [0.2, 0.25) is 0 Å². The first-order chi connectivity index (χ1) is 7.31. The number of nitrogens with one attached hydrogen (secondary N) is 2. The van der Waals surface area contributed by atoms with Crippen LogP contribution in [0.1, 0.15) is 24.6 Å². The molecular weight excluding hydrogens is 192 g/mol. The second-order valence-electron chi connectivity index (χ2n) is 3.69. The summed E-state index contributed by atoms with van der Waals surface area (Å²) in [5.74, 6) is 5.26.